The molecule has 0 bridgehead atoms. The molecule has 0 radical (unpaired) electrons. The molecule has 0 saturated heterocycles. The number of aryl methyl sites for hydroxylation is 1. The van der Waals surface area contributed by atoms with Gasteiger partial charge in [0.2, 0.25) is 10.0 Å². The molecule has 0 aliphatic carbocycles. The third-order valence-corrected chi connectivity index (χ3v) is 5.43. The minimum atomic E-state index is -3.67. The number of nitrogens with zero attached hydrogens (tertiary/aromatic N) is 1. The molecular weight excluding hydrogens is 348 g/mol. The summed E-state index contributed by atoms with van der Waals surface area (Å²) in [6.07, 6.45) is 0. The molecule has 2 N–H and O–H groups in total. The van der Waals surface area contributed by atoms with Gasteiger partial charge in [-0.1, -0.05) is 0 Å². The van der Waals surface area contributed by atoms with Crippen LogP contribution < -0.4 is 5.73 Å². The minimum absolute atomic E-state index is 0.0590. The van der Waals surface area contributed by atoms with E-state index in [0.29, 0.717) is 11.5 Å². The van der Waals surface area contributed by atoms with E-state index in [0.717, 1.165) is 5.76 Å². The van der Waals surface area contributed by atoms with Crippen molar-refractivity contribution in [3.8, 4) is 0 Å². The quantitative estimate of drug-likeness (QED) is 0.880. The van der Waals surface area contributed by atoms with Gasteiger partial charge in [0.05, 0.1) is 13.1 Å². The summed E-state index contributed by atoms with van der Waals surface area (Å²) in [6.45, 7) is 2.08. The highest BCUT2D eigenvalue weighted by atomic mass is 79.9. The topological polar surface area (TPSA) is 89.7 Å². The van der Waals surface area contributed by atoms with Gasteiger partial charge >= 0.3 is 0 Å². The van der Waals surface area contributed by atoms with Crippen LogP contribution in [0.2, 0.25) is 0 Å². The first-order chi connectivity index (χ1) is 9.34. The van der Waals surface area contributed by atoms with Crippen LogP contribution in [0.15, 0.2) is 36.6 Å². The third kappa shape index (κ3) is 2.98. The maximum atomic E-state index is 12.4. The van der Waals surface area contributed by atoms with E-state index in [-0.39, 0.29) is 22.7 Å². The van der Waals surface area contributed by atoms with Crippen LogP contribution in [-0.2, 0) is 23.1 Å². The molecule has 6 nitrogen and oxygen atoms in total. The van der Waals surface area contributed by atoms with E-state index in [4.69, 9.17) is 14.6 Å². The maximum Gasteiger partial charge on any atom is 0.247 e. The van der Waals surface area contributed by atoms with E-state index in [2.05, 4.69) is 15.9 Å². The zero-order valence-electron chi connectivity index (χ0n) is 11.1. The van der Waals surface area contributed by atoms with Gasteiger partial charge in [0.1, 0.15) is 22.2 Å². The average Bonchev–Trinajstić information content (AvgIpc) is 2.95. The van der Waals surface area contributed by atoms with Crippen LogP contribution in [0.5, 0.6) is 0 Å². The van der Waals surface area contributed by atoms with Gasteiger partial charge in [-0.15, -0.1) is 0 Å². The van der Waals surface area contributed by atoms with Crippen molar-refractivity contribution < 1.29 is 17.3 Å². The molecule has 0 atom stereocenters. The lowest BCUT2D eigenvalue weighted by Gasteiger charge is -2.14. The van der Waals surface area contributed by atoms with Gasteiger partial charge in [-0.25, -0.2) is 8.42 Å². The van der Waals surface area contributed by atoms with E-state index in [1.54, 1.807) is 19.1 Å². The van der Waals surface area contributed by atoms with E-state index >= 15 is 0 Å². The summed E-state index contributed by atoms with van der Waals surface area (Å²) in [5, 5.41) is 0. The SMILES string of the molecule is Cc1ccc(CN(C)S(=O)(=O)c2cc(CN)oc2Br)o1. The second-order valence-corrected chi connectivity index (χ2v) is 7.06. The van der Waals surface area contributed by atoms with Crippen LogP contribution in [-0.4, -0.2) is 19.8 Å². The molecular formula is C12H15BrN2O4S. The van der Waals surface area contributed by atoms with Crippen LogP contribution >= 0.6 is 15.9 Å². The Labute approximate surface area is 125 Å². The monoisotopic (exact) mass is 362 g/mol. The van der Waals surface area contributed by atoms with Crippen LogP contribution in [0.1, 0.15) is 17.3 Å². The van der Waals surface area contributed by atoms with Gasteiger partial charge < -0.3 is 14.6 Å². The van der Waals surface area contributed by atoms with Crippen molar-refractivity contribution in [2.75, 3.05) is 7.05 Å². The lowest BCUT2D eigenvalue weighted by molar-refractivity contribution is 0.396. The predicted octanol–water partition coefficient (Wildman–Crippen LogP) is 2.22. The van der Waals surface area contributed by atoms with Gasteiger partial charge in [0.15, 0.2) is 4.67 Å². The van der Waals surface area contributed by atoms with Crippen molar-refractivity contribution in [1.29, 1.82) is 0 Å². The Morgan fingerprint density at radius 2 is 2.00 bits per heavy atom. The third-order valence-electron chi connectivity index (χ3n) is 2.77. The van der Waals surface area contributed by atoms with Crippen molar-refractivity contribution in [2.45, 2.75) is 24.9 Å². The molecule has 2 heterocycles. The first kappa shape index (κ1) is 15.3. The van der Waals surface area contributed by atoms with Gasteiger partial charge in [-0.2, -0.15) is 4.31 Å². The van der Waals surface area contributed by atoms with Crippen molar-refractivity contribution >= 4 is 26.0 Å². The smallest absolute Gasteiger partial charge is 0.247 e. The molecule has 0 aliphatic heterocycles. The van der Waals surface area contributed by atoms with Gasteiger partial charge in [0.25, 0.3) is 0 Å². The fraction of sp³-hybridized carbons (Fsp3) is 0.333. The number of hydrogen-bond donors (Lipinski definition) is 1. The van der Waals surface area contributed by atoms with Crippen LogP contribution in [0, 0.1) is 6.92 Å². The zero-order chi connectivity index (χ0) is 14.9. The van der Waals surface area contributed by atoms with Gasteiger partial charge in [0, 0.05) is 13.1 Å². The van der Waals surface area contributed by atoms with E-state index in [9.17, 15) is 8.42 Å². The summed E-state index contributed by atoms with van der Waals surface area (Å²) in [5.74, 6) is 1.71. The molecule has 0 saturated carbocycles. The Morgan fingerprint density at radius 3 is 2.50 bits per heavy atom. The molecule has 0 fully saturated rings. The Balaban J connectivity index is 2.26. The van der Waals surface area contributed by atoms with Crippen LogP contribution in [0.4, 0.5) is 0 Å². The fourth-order valence-electron chi connectivity index (χ4n) is 1.72. The Kier molecular flexibility index (Phi) is 4.38. The number of hydrogen-bond acceptors (Lipinski definition) is 5. The summed E-state index contributed by atoms with van der Waals surface area (Å²) >= 11 is 3.10. The summed E-state index contributed by atoms with van der Waals surface area (Å²) in [6, 6.07) is 4.95. The molecule has 0 unspecified atom stereocenters. The first-order valence-corrected chi connectivity index (χ1v) is 8.08. The second kappa shape index (κ2) is 5.72. The Hall–Kier alpha value is -1.09. The minimum Gasteiger partial charge on any atom is -0.465 e. The average molecular weight is 363 g/mol. The fourth-order valence-corrected chi connectivity index (χ4v) is 3.81. The molecule has 0 aliphatic rings. The van der Waals surface area contributed by atoms with Gasteiger partial charge in [-0.05, 0) is 35.0 Å². The van der Waals surface area contributed by atoms with E-state index < -0.39 is 10.0 Å². The summed E-state index contributed by atoms with van der Waals surface area (Å²) in [5.41, 5.74) is 5.44. The Morgan fingerprint density at radius 1 is 1.30 bits per heavy atom. The van der Waals surface area contributed by atoms with E-state index in [1.807, 2.05) is 0 Å². The Bertz CT molecular complexity index is 705. The van der Waals surface area contributed by atoms with E-state index in [1.165, 1.54) is 17.4 Å². The molecule has 8 heteroatoms. The maximum absolute atomic E-state index is 12.4. The molecule has 0 aromatic carbocycles. The molecule has 2 aromatic heterocycles. The molecule has 110 valence electrons. The predicted molar refractivity (Wildman–Crippen MR) is 76.4 cm³/mol. The number of furan rings is 2. The summed E-state index contributed by atoms with van der Waals surface area (Å²) < 4.78 is 36.8. The van der Waals surface area contributed by atoms with Crippen molar-refractivity contribution in [3.63, 3.8) is 0 Å². The highest BCUT2D eigenvalue weighted by Crippen LogP contribution is 2.28. The highest BCUT2D eigenvalue weighted by Gasteiger charge is 2.27. The molecule has 2 aromatic rings. The number of nitrogens with two attached hydrogens (primary N) is 1. The second-order valence-electron chi connectivity index (χ2n) is 4.33. The number of rotatable bonds is 5. The van der Waals surface area contributed by atoms with Crippen LogP contribution in [0.25, 0.3) is 0 Å². The molecule has 20 heavy (non-hydrogen) atoms. The summed E-state index contributed by atoms with van der Waals surface area (Å²) in [7, 11) is -2.19. The lowest BCUT2D eigenvalue weighted by Crippen LogP contribution is -2.26. The molecule has 0 spiro atoms. The normalized spacial score (nSPS) is 12.2. The number of sulfonamides is 1. The van der Waals surface area contributed by atoms with Crippen molar-refractivity contribution in [2.24, 2.45) is 5.73 Å². The first-order valence-electron chi connectivity index (χ1n) is 5.84. The standard InChI is InChI=1S/C12H15BrN2O4S/c1-8-3-4-9(18-8)7-15(2)20(16,17)11-5-10(6-14)19-12(11)13/h3-5H,6-7,14H2,1-2H3. The van der Waals surface area contributed by atoms with Crippen molar-refractivity contribution in [1.82, 2.24) is 4.31 Å². The van der Waals surface area contributed by atoms with Crippen LogP contribution in [0.3, 0.4) is 0 Å². The largest absolute Gasteiger partial charge is 0.465 e. The highest BCUT2D eigenvalue weighted by molar-refractivity contribution is 9.10. The molecule has 0 amide bonds. The molecule has 2 rings (SSSR count). The van der Waals surface area contributed by atoms with Crippen molar-refractivity contribution in [3.05, 3.63) is 40.1 Å². The zero-order valence-corrected chi connectivity index (χ0v) is 13.5. The number of halogens is 1. The van der Waals surface area contributed by atoms with Gasteiger partial charge in [-0.3, -0.25) is 0 Å². The summed E-state index contributed by atoms with van der Waals surface area (Å²) in [4.78, 5) is 0.0590. The lowest BCUT2D eigenvalue weighted by atomic mass is 10.4.